The zero-order valence-electron chi connectivity index (χ0n) is 17.8. The molecule has 2 heterocycles. The van der Waals surface area contributed by atoms with Crippen LogP contribution >= 0.6 is 0 Å². The Balaban J connectivity index is 0.000000244. The maximum absolute atomic E-state index is 10.6. The van der Waals surface area contributed by atoms with Crippen LogP contribution in [0.25, 0.3) is 0 Å². The predicted molar refractivity (Wildman–Crippen MR) is 103 cm³/mol. The molecule has 3 fully saturated rings. The van der Waals surface area contributed by atoms with Gasteiger partial charge in [-0.1, -0.05) is 12.5 Å². The highest BCUT2D eigenvalue weighted by Gasteiger charge is 2.46. The fraction of sp³-hybridized carbons (Fsp3) is 0.650. The molecule has 0 unspecified atom stereocenters. The molecular weight excluding hydrogens is 478 g/mol. The zero-order chi connectivity index (χ0) is 25.5. The molecule has 0 aromatic carbocycles. The smallest absolute Gasteiger partial charge is 0.475 e. The molecule has 0 amide bonds. The predicted octanol–water partition coefficient (Wildman–Crippen LogP) is 3.51. The van der Waals surface area contributed by atoms with Crippen LogP contribution in [-0.2, 0) is 14.3 Å². The number of aromatic nitrogens is 1. The van der Waals surface area contributed by atoms with Gasteiger partial charge < -0.3 is 19.7 Å². The van der Waals surface area contributed by atoms with Crippen molar-refractivity contribution in [3.8, 4) is 5.88 Å². The molecule has 0 radical (unpaired) electrons. The molecule has 8 nitrogen and oxygen atoms in total. The highest BCUT2D eigenvalue weighted by Crippen LogP contribution is 2.37. The summed E-state index contributed by atoms with van der Waals surface area (Å²) in [6, 6.07) is 7.18. The molecule has 0 bridgehead atoms. The number of hydrogen-bond donors (Lipinski definition) is 2. The number of carbonyl (C=O) groups is 2. The molecule has 192 valence electrons. The lowest BCUT2D eigenvalue weighted by Gasteiger charge is -2.46. The number of rotatable bonds is 3. The molecule has 2 N–H and O–H groups in total. The van der Waals surface area contributed by atoms with Gasteiger partial charge in [-0.25, -0.2) is 14.6 Å². The maximum Gasteiger partial charge on any atom is 0.490 e. The van der Waals surface area contributed by atoms with Gasteiger partial charge in [0.1, 0.15) is 12.2 Å². The standard InChI is InChI=1S/C16H22N2O2.2C2HF3O2/c1-2-9-17-15(6-1)20-14-8-7-13-16(14)19-11-10-18(13)12-4-3-5-12;2*3-2(4,5)1(6)7/h1-2,6,9,12-14,16H,3-5,7-8,10-11H2;2*(H,6,7)/t13-,14-,16+;;/m0../s1. The Kier molecular flexibility index (Phi) is 9.50. The third-order valence-corrected chi connectivity index (χ3v) is 5.52. The summed E-state index contributed by atoms with van der Waals surface area (Å²) in [5.41, 5.74) is 0. The van der Waals surface area contributed by atoms with Crippen molar-refractivity contribution in [1.29, 1.82) is 0 Å². The number of fused-ring (bicyclic) bond motifs is 1. The molecule has 34 heavy (non-hydrogen) atoms. The van der Waals surface area contributed by atoms with Crippen LogP contribution in [0.15, 0.2) is 24.4 Å². The minimum Gasteiger partial charge on any atom is -0.475 e. The number of carboxylic acid groups (broad SMARTS) is 2. The summed E-state index contributed by atoms with van der Waals surface area (Å²) in [4.78, 5) is 24.8. The van der Waals surface area contributed by atoms with E-state index in [4.69, 9.17) is 29.3 Å². The van der Waals surface area contributed by atoms with E-state index in [2.05, 4.69) is 9.88 Å². The van der Waals surface area contributed by atoms with E-state index < -0.39 is 24.3 Å². The summed E-state index contributed by atoms with van der Waals surface area (Å²) in [6.07, 6.45) is -1.58. The van der Waals surface area contributed by atoms with Crippen molar-refractivity contribution < 1.29 is 55.6 Å². The number of hydrogen-bond acceptors (Lipinski definition) is 6. The number of alkyl halides is 6. The van der Waals surface area contributed by atoms with E-state index in [1.807, 2.05) is 18.2 Å². The highest BCUT2D eigenvalue weighted by molar-refractivity contribution is 5.73. The first-order chi connectivity index (χ1) is 15.8. The Bertz CT molecular complexity index is 779. The average molecular weight is 502 g/mol. The minimum absolute atomic E-state index is 0.165. The molecule has 2 aliphatic carbocycles. The van der Waals surface area contributed by atoms with Crippen molar-refractivity contribution in [3.05, 3.63) is 24.4 Å². The molecule has 2 saturated carbocycles. The van der Waals surface area contributed by atoms with E-state index in [9.17, 15) is 26.3 Å². The van der Waals surface area contributed by atoms with E-state index >= 15 is 0 Å². The monoisotopic (exact) mass is 502 g/mol. The van der Waals surface area contributed by atoms with Crippen LogP contribution < -0.4 is 4.74 Å². The van der Waals surface area contributed by atoms with Crippen molar-refractivity contribution in [2.45, 2.75) is 68.7 Å². The number of pyridine rings is 1. The number of nitrogens with zero attached hydrogens (tertiary/aromatic N) is 2. The first kappa shape index (κ1) is 27.6. The topological polar surface area (TPSA) is 109 Å². The van der Waals surface area contributed by atoms with Gasteiger partial charge in [-0.2, -0.15) is 26.3 Å². The molecule has 1 saturated heterocycles. The SMILES string of the molecule is O=C(O)C(F)(F)F.O=C(O)C(F)(F)F.c1ccc(O[C@H]2CC[C@H]3[C@H]2OCCN3C2CCC2)nc1. The van der Waals surface area contributed by atoms with Crippen molar-refractivity contribution in [2.75, 3.05) is 13.2 Å². The minimum atomic E-state index is -5.08. The third kappa shape index (κ3) is 8.01. The maximum atomic E-state index is 10.6. The second-order valence-electron chi connectivity index (χ2n) is 7.73. The normalized spacial score (nSPS) is 24.9. The summed E-state index contributed by atoms with van der Waals surface area (Å²) in [7, 11) is 0. The van der Waals surface area contributed by atoms with Crippen LogP contribution in [0, 0.1) is 0 Å². The molecule has 4 rings (SSSR count). The van der Waals surface area contributed by atoms with E-state index in [-0.39, 0.29) is 12.2 Å². The molecule has 14 heteroatoms. The second-order valence-corrected chi connectivity index (χ2v) is 7.73. The Hall–Kier alpha value is -2.61. The zero-order valence-corrected chi connectivity index (χ0v) is 17.8. The average Bonchev–Trinajstić information content (AvgIpc) is 3.11. The molecule has 3 aliphatic rings. The van der Waals surface area contributed by atoms with Gasteiger partial charge in [0.05, 0.1) is 6.61 Å². The van der Waals surface area contributed by atoms with Crippen molar-refractivity contribution in [1.82, 2.24) is 9.88 Å². The Morgan fingerprint density at radius 1 is 1.00 bits per heavy atom. The number of morpholine rings is 1. The number of halogens is 6. The summed E-state index contributed by atoms with van der Waals surface area (Å²) < 4.78 is 75.6. The Morgan fingerprint density at radius 3 is 2.03 bits per heavy atom. The van der Waals surface area contributed by atoms with Crippen molar-refractivity contribution in [3.63, 3.8) is 0 Å². The van der Waals surface area contributed by atoms with Crippen LogP contribution in [0.3, 0.4) is 0 Å². The van der Waals surface area contributed by atoms with E-state index in [0.717, 1.165) is 31.5 Å². The highest BCUT2D eigenvalue weighted by atomic mass is 19.4. The number of aliphatic carboxylic acids is 2. The van der Waals surface area contributed by atoms with Crippen LogP contribution in [-0.4, -0.2) is 81.8 Å². The first-order valence-electron chi connectivity index (χ1n) is 10.4. The second kappa shape index (κ2) is 11.7. The molecule has 3 atom stereocenters. The summed E-state index contributed by atoms with van der Waals surface area (Å²) in [6.45, 7) is 1.95. The van der Waals surface area contributed by atoms with Gasteiger partial charge in [-0.3, -0.25) is 4.90 Å². The van der Waals surface area contributed by atoms with Gasteiger partial charge in [0, 0.05) is 30.9 Å². The van der Waals surface area contributed by atoms with Crippen LogP contribution in [0.4, 0.5) is 26.3 Å². The summed E-state index contributed by atoms with van der Waals surface area (Å²) in [5.74, 6) is -4.79. The van der Waals surface area contributed by atoms with Gasteiger partial charge in [-0.15, -0.1) is 0 Å². The van der Waals surface area contributed by atoms with Crippen LogP contribution in [0.1, 0.15) is 32.1 Å². The van der Waals surface area contributed by atoms with Gasteiger partial charge >= 0.3 is 24.3 Å². The van der Waals surface area contributed by atoms with Gasteiger partial charge in [0.2, 0.25) is 5.88 Å². The molecule has 1 aliphatic heterocycles. The largest absolute Gasteiger partial charge is 0.490 e. The van der Waals surface area contributed by atoms with Gasteiger partial charge in [-0.05, 0) is 31.7 Å². The van der Waals surface area contributed by atoms with E-state index in [0.29, 0.717) is 6.04 Å². The number of ether oxygens (including phenoxy) is 2. The lowest BCUT2D eigenvalue weighted by molar-refractivity contribution is -0.193. The Morgan fingerprint density at radius 2 is 1.59 bits per heavy atom. The van der Waals surface area contributed by atoms with Crippen molar-refractivity contribution in [2.24, 2.45) is 0 Å². The van der Waals surface area contributed by atoms with Gasteiger partial charge in [0.15, 0.2) is 0 Å². The lowest BCUT2D eigenvalue weighted by Crippen LogP contribution is -2.57. The fourth-order valence-corrected chi connectivity index (χ4v) is 3.81. The summed E-state index contributed by atoms with van der Waals surface area (Å²) >= 11 is 0. The molecule has 1 aromatic rings. The van der Waals surface area contributed by atoms with Crippen molar-refractivity contribution >= 4 is 11.9 Å². The lowest BCUT2D eigenvalue weighted by atomic mass is 9.89. The molecule has 1 aromatic heterocycles. The van der Waals surface area contributed by atoms with Gasteiger partial charge in [0.25, 0.3) is 0 Å². The summed E-state index contributed by atoms with van der Waals surface area (Å²) in [5, 5.41) is 14.2. The van der Waals surface area contributed by atoms with E-state index in [1.165, 1.54) is 25.7 Å². The quantitative estimate of drug-likeness (QED) is 0.605. The van der Waals surface area contributed by atoms with Crippen LogP contribution in [0.2, 0.25) is 0 Å². The van der Waals surface area contributed by atoms with Crippen LogP contribution in [0.5, 0.6) is 5.88 Å². The fourth-order valence-electron chi connectivity index (χ4n) is 3.81. The third-order valence-electron chi connectivity index (χ3n) is 5.52. The molecule has 0 spiro atoms. The van der Waals surface area contributed by atoms with E-state index in [1.54, 1.807) is 6.20 Å². The number of carboxylic acids is 2. The Labute approximate surface area is 190 Å². The first-order valence-corrected chi connectivity index (χ1v) is 10.4. The molecular formula is C20H24F6N2O6.